The van der Waals surface area contributed by atoms with Crippen molar-refractivity contribution in [3.63, 3.8) is 0 Å². The van der Waals surface area contributed by atoms with Gasteiger partial charge in [0.2, 0.25) is 0 Å². The summed E-state index contributed by atoms with van der Waals surface area (Å²) in [6, 6.07) is 11.0. The van der Waals surface area contributed by atoms with Crippen molar-refractivity contribution < 1.29 is 31.1 Å². The van der Waals surface area contributed by atoms with E-state index in [1.165, 1.54) is 25.3 Å². The number of aryl methyl sites for hydroxylation is 1. The van der Waals surface area contributed by atoms with Crippen LogP contribution in [0.25, 0.3) is 10.9 Å². The molecule has 0 saturated heterocycles. The van der Waals surface area contributed by atoms with Crippen LogP contribution in [0.4, 0.5) is 13.2 Å². The summed E-state index contributed by atoms with van der Waals surface area (Å²) < 4.78 is 72.8. The van der Waals surface area contributed by atoms with Gasteiger partial charge in [0, 0.05) is 17.5 Å². The monoisotopic (exact) mass is 481 g/mol. The maximum Gasteiger partial charge on any atom is 0.416 e. The van der Waals surface area contributed by atoms with Gasteiger partial charge >= 0.3 is 12.1 Å². The molecule has 33 heavy (non-hydrogen) atoms. The van der Waals surface area contributed by atoms with Gasteiger partial charge in [0.1, 0.15) is 0 Å². The number of esters is 1. The molecule has 9 heteroatoms. The molecule has 0 aliphatic carbocycles. The lowest BCUT2D eigenvalue weighted by molar-refractivity contribution is -0.140. The number of methoxy groups -OCH3 is 1. The van der Waals surface area contributed by atoms with E-state index in [-0.39, 0.29) is 40.5 Å². The minimum absolute atomic E-state index is 0.0431. The molecule has 0 atom stereocenters. The molecule has 0 fully saturated rings. The molecule has 1 heterocycles. The third kappa shape index (κ3) is 5.24. The Hall–Kier alpha value is -2.81. The number of halogens is 3. The number of carbonyl (C=O) groups excluding carboxylic acids is 1. The summed E-state index contributed by atoms with van der Waals surface area (Å²) in [5.74, 6) is -0.447. The number of fused-ring (bicyclic) bond motifs is 1. The Labute approximate surface area is 191 Å². The van der Waals surface area contributed by atoms with Gasteiger partial charge in [0.15, 0.2) is 0 Å². The predicted octanol–water partition coefficient (Wildman–Crippen LogP) is 5.69. The van der Waals surface area contributed by atoms with Crippen molar-refractivity contribution in [2.45, 2.75) is 56.5 Å². The predicted molar refractivity (Wildman–Crippen MR) is 120 cm³/mol. The second-order valence-corrected chi connectivity index (χ2v) is 10.7. The average Bonchev–Trinajstić information content (AvgIpc) is 3.10. The highest BCUT2D eigenvalue weighted by atomic mass is 32.2. The number of ether oxygens (including phenoxy) is 1. The van der Waals surface area contributed by atoms with Crippen molar-refractivity contribution in [2.75, 3.05) is 7.11 Å². The van der Waals surface area contributed by atoms with Crippen LogP contribution < -0.4 is 0 Å². The quantitative estimate of drug-likeness (QED) is 0.424. The van der Waals surface area contributed by atoms with Crippen molar-refractivity contribution in [3.05, 3.63) is 65.4 Å². The van der Waals surface area contributed by atoms with E-state index >= 15 is 0 Å². The van der Waals surface area contributed by atoms with Crippen molar-refractivity contribution in [1.29, 1.82) is 0 Å². The largest absolute Gasteiger partial charge is 0.469 e. The van der Waals surface area contributed by atoms with Gasteiger partial charge in [-0.1, -0.05) is 32.9 Å². The van der Waals surface area contributed by atoms with Crippen molar-refractivity contribution in [2.24, 2.45) is 0 Å². The molecule has 0 aliphatic heterocycles. The fourth-order valence-corrected chi connectivity index (χ4v) is 5.24. The Morgan fingerprint density at radius 1 is 1.00 bits per heavy atom. The molecule has 0 saturated carbocycles. The first-order chi connectivity index (χ1) is 15.2. The van der Waals surface area contributed by atoms with Crippen molar-refractivity contribution in [3.8, 4) is 0 Å². The Balaban J connectivity index is 2.18. The maximum atomic E-state index is 13.7. The van der Waals surface area contributed by atoms with E-state index in [0.29, 0.717) is 5.69 Å². The molecule has 0 radical (unpaired) electrons. The zero-order valence-electron chi connectivity index (χ0n) is 18.9. The van der Waals surface area contributed by atoms with Crippen molar-refractivity contribution in [1.82, 2.24) is 3.97 Å². The summed E-state index contributed by atoms with van der Waals surface area (Å²) in [5.41, 5.74) is 0.105. The molecule has 0 N–H and O–H groups in total. The molecular formula is C24H26F3NO4S. The first kappa shape index (κ1) is 24.8. The van der Waals surface area contributed by atoms with Gasteiger partial charge in [-0.2, -0.15) is 13.2 Å². The second kappa shape index (κ2) is 8.85. The third-order valence-electron chi connectivity index (χ3n) is 5.44. The molecule has 178 valence electrons. The molecule has 0 aliphatic rings. The van der Waals surface area contributed by atoms with Crippen LogP contribution in [0.3, 0.4) is 0 Å². The molecule has 2 aromatic carbocycles. The van der Waals surface area contributed by atoms with Crippen LogP contribution in [0.5, 0.6) is 0 Å². The van der Waals surface area contributed by atoms with Gasteiger partial charge in [-0.15, -0.1) is 0 Å². The van der Waals surface area contributed by atoms with E-state index < -0.39 is 27.7 Å². The van der Waals surface area contributed by atoms with Crippen LogP contribution in [0, 0.1) is 0 Å². The SMILES string of the molecule is COC(=O)CCCc1cc2cc(C(F)(F)F)ccc2n1S(=O)(=O)c1cccc(C(C)(C)C)c1. The first-order valence-corrected chi connectivity index (χ1v) is 11.8. The fraction of sp³-hybridized carbons (Fsp3) is 0.375. The standard InChI is InChI=1S/C24H26F3NO4S/c1-23(2,3)17-7-5-9-20(15-17)33(30,31)28-19(8-6-10-22(29)32-4)14-16-13-18(24(25,26)27)11-12-21(16)28/h5,7,9,11-15H,6,8,10H2,1-4H3. The summed E-state index contributed by atoms with van der Waals surface area (Å²) in [6.45, 7) is 5.88. The van der Waals surface area contributed by atoms with Crippen LogP contribution >= 0.6 is 0 Å². The molecule has 3 rings (SSSR count). The highest BCUT2D eigenvalue weighted by Gasteiger charge is 2.32. The number of rotatable bonds is 6. The minimum atomic E-state index is -4.55. The van der Waals surface area contributed by atoms with Gasteiger partial charge in [-0.05, 0) is 60.2 Å². The van der Waals surface area contributed by atoms with Crippen LogP contribution in [0.15, 0.2) is 53.4 Å². The van der Waals surface area contributed by atoms with E-state index in [2.05, 4.69) is 4.74 Å². The number of hydrogen-bond donors (Lipinski definition) is 0. The van der Waals surface area contributed by atoms with Gasteiger partial charge in [-0.25, -0.2) is 12.4 Å². The Morgan fingerprint density at radius 2 is 1.70 bits per heavy atom. The zero-order valence-corrected chi connectivity index (χ0v) is 19.7. The number of alkyl halides is 3. The lowest BCUT2D eigenvalue weighted by Crippen LogP contribution is -2.18. The minimum Gasteiger partial charge on any atom is -0.469 e. The Bertz CT molecular complexity index is 1290. The van der Waals surface area contributed by atoms with E-state index in [1.54, 1.807) is 12.1 Å². The smallest absolute Gasteiger partial charge is 0.416 e. The average molecular weight is 482 g/mol. The fourth-order valence-electron chi connectivity index (χ4n) is 3.63. The summed E-state index contributed by atoms with van der Waals surface area (Å²) >= 11 is 0. The molecule has 0 spiro atoms. The first-order valence-electron chi connectivity index (χ1n) is 10.4. The maximum absolute atomic E-state index is 13.7. The van der Waals surface area contributed by atoms with E-state index in [4.69, 9.17) is 0 Å². The van der Waals surface area contributed by atoms with Crippen LogP contribution in [0.2, 0.25) is 0 Å². The molecule has 1 aromatic heterocycles. The molecular weight excluding hydrogens is 455 g/mol. The van der Waals surface area contributed by atoms with Gasteiger partial charge in [-0.3, -0.25) is 4.79 Å². The summed E-state index contributed by atoms with van der Waals surface area (Å²) in [4.78, 5) is 11.5. The molecule has 0 amide bonds. The second-order valence-electron chi connectivity index (χ2n) is 8.88. The molecule has 0 unspecified atom stereocenters. The lowest BCUT2D eigenvalue weighted by atomic mass is 9.87. The van der Waals surface area contributed by atoms with E-state index in [1.807, 2.05) is 26.8 Å². The normalized spacial score (nSPS) is 12.8. The van der Waals surface area contributed by atoms with Gasteiger partial charge < -0.3 is 4.74 Å². The highest BCUT2D eigenvalue weighted by Crippen LogP contribution is 2.34. The number of nitrogens with zero attached hydrogens (tertiary/aromatic N) is 1. The van der Waals surface area contributed by atoms with Crippen molar-refractivity contribution >= 4 is 26.9 Å². The van der Waals surface area contributed by atoms with Gasteiger partial charge in [0.25, 0.3) is 10.0 Å². The van der Waals surface area contributed by atoms with Crippen LogP contribution in [0.1, 0.15) is 50.4 Å². The molecule has 5 nitrogen and oxygen atoms in total. The third-order valence-corrected chi connectivity index (χ3v) is 7.20. The zero-order chi connectivity index (χ0) is 24.6. The summed E-state index contributed by atoms with van der Waals surface area (Å²) in [7, 11) is -2.87. The van der Waals surface area contributed by atoms with Crippen LogP contribution in [-0.2, 0) is 37.6 Å². The molecule has 3 aromatic rings. The molecule has 0 bridgehead atoms. The Morgan fingerprint density at radius 3 is 2.30 bits per heavy atom. The highest BCUT2D eigenvalue weighted by molar-refractivity contribution is 7.90. The summed E-state index contributed by atoms with van der Waals surface area (Å²) in [6.07, 6.45) is -4.04. The summed E-state index contributed by atoms with van der Waals surface area (Å²) in [5, 5.41) is 0.161. The number of hydrogen-bond acceptors (Lipinski definition) is 4. The topological polar surface area (TPSA) is 65.4 Å². The van der Waals surface area contributed by atoms with Gasteiger partial charge in [0.05, 0.1) is 23.1 Å². The lowest BCUT2D eigenvalue weighted by Gasteiger charge is -2.20. The number of benzene rings is 2. The number of carbonyl (C=O) groups is 1. The Kier molecular flexibility index (Phi) is 6.66. The van der Waals surface area contributed by atoms with E-state index in [0.717, 1.165) is 21.7 Å². The van der Waals surface area contributed by atoms with Crippen LogP contribution in [-0.4, -0.2) is 25.5 Å². The number of aromatic nitrogens is 1. The van der Waals surface area contributed by atoms with E-state index in [9.17, 15) is 26.4 Å².